The molecule has 0 spiro atoms. The van der Waals surface area contributed by atoms with Crippen molar-refractivity contribution >= 4 is 27.3 Å². The molecule has 1 aromatic heterocycles. The highest BCUT2D eigenvalue weighted by atomic mass is 79.9. The van der Waals surface area contributed by atoms with Gasteiger partial charge in [0.2, 0.25) is 0 Å². The van der Waals surface area contributed by atoms with E-state index in [4.69, 9.17) is 5.11 Å². The highest BCUT2D eigenvalue weighted by Crippen LogP contribution is 2.27. The molecule has 1 aromatic carbocycles. The van der Waals surface area contributed by atoms with E-state index in [1.165, 1.54) is 6.07 Å². The minimum atomic E-state index is -0.436. The number of hydrogen-bond donors (Lipinski definition) is 2. The average Bonchev–Trinajstić information content (AvgIpc) is 2.86. The van der Waals surface area contributed by atoms with Gasteiger partial charge in [0.1, 0.15) is 0 Å². The first kappa shape index (κ1) is 14.5. The number of aliphatic hydroxyl groups excluding tert-OH is 1. The van der Waals surface area contributed by atoms with Gasteiger partial charge in [-0.1, -0.05) is 0 Å². The molecule has 7 nitrogen and oxygen atoms in total. The second-order valence-corrected chi connectivity index (χ2v) is 4.97. The molecule has 0 fully saturated rings. The summed E-state index contributed by atoms with van der Waals surface area (Å²) >= 11 is 3.14. The number of aliphatic hydroxyl groups is 1. The Labute approximate surface area is 123 Å². The fourth-order valence-corrected chi connectivity index (χ4v) is 2.08. The second-order valence-electron chi connectivity index (χ2n) is 4.11. The molecule has 0 aliphatic heterocycles. The van der Waals surface area contributed by atoms with Gasteiger partial charge in [-0.25, -0.2) is 0 Å². The fourth-order valence-electron chi connectivity index (χ4n) is 1.69. The van der Waals surface area contributed by atoms with Crippen molar-refractivity contribution in [3.05, 3.63) is 50.7 Å². The lowest BCUT2D eigenvalue weighted by atomic mass is 10.2. The van der Waals surface area contributed by atoms with Gasteiger partial charge in [-0.15, -0.1) is 0 Å². The van der Waals surface area contributed by atoms with Gasteiger partial charge in [-0.2, -0.15) is 5.10 Å². The number of benzene rings is 1. The highest BCUT2D eigenvalue weighted by molar-refractivity contribution is 9.10. The number of nitro benzene ring substituents is 1. The van der Waals surface area contributed by atoms with Crippen LogP contribution < -0.4 is 5.32 Å². The van der Waals surface area contributed by atoms with E-state index in [2.05, 4.69) is 26.3 Å². The summed E-state index contributed by atoms with van der Waals surface area (Å²) in [7, 11) is 0. The van der Waals surface area contributed by atoms with Crippen molar-refractivity contribution in [2.24, 2.45) is 0 Å². The lowest BCUT2D eigenvalue weighted by molar-refractivity contribution is -0.385. The molecule has 0 amide bonds. The summed E-state index contributed by atoms with van der Waals surface area (Å²) < 4.78 is 2.09. The van der Waals surface area contributed by atoms with Gasteiger partial charge >= 0.3 is 0 Å². The maximum atomic E-state index is 10.8. The Morgan fingerprint density at radius 2 is 2.30 bits per heavy atom. The minimum absolute atomic E-state index is 0.0194. The third kappa shape index (κ3) is 3.55. The Kier molecular flexibility index (Phi) is 4.70. The number of nitrogens with one attached hydrogen (secondary N) is 1. The van der Waals surface area contributed by atoms with E-state index in [0.717, 1.165) is 5.56 Å². The van der Waals surface area contributed by atoms with Crippen molar-refractivity contribution in [3.63, 3.8) is 0 Å². The summed E-state index contributed by atoms with van der Waals surface area (Å²) in [6, 6.07) is 4.87. The number of nitrogens with zero attached hydrogens (tertiary/aromatic N) is 3. The van der Waals surface area contributed by atoms with Crippen LogP contribution in [0.4, 0.5) is 11.4 Å². The molecule has 0 saturated carbocycles. The van der Waals surface area contributed by atoms with E-state index in [1.807, 2.05) is 6.20 Å². The molecule has 2 N–H and O–H groups in total. The van der Waals surface area contributed by atoms with Crippen LogP contribution >= 0.6 is 15.9 Å². The zero-order chi connectivity index (χ0) is 14.5. The van der Waals surface area contributed by atoms with Gasteiger partial charge in [-0.3, -0.25) is 14.8 Å². The van der Waals surface area contributed by atoms with E-state index in [1.54, 1.807) is 23.0 Å². The predicted molar refractivity (Wildman–Crippen MR) is 77.4 cm³/mol. The highest BCUT2D eigenvalue weighted by Gasteiger charge is 2.12. The first-order chi connectivity index (χ1) is 9.60. The number of anilines is 1. The third-order valence-electron chi connectivity index (χ3n) is 2.66. The van der Waals surface area contributed by atoms with Crippen molar-refractivity contribution in [2.75, 3.05) is 11.9 Å². The van der Waals surface area contributed by atoms with Crippen LogP contribution in [-0.4, -0.2) is 26.4 Å². The Morgan fingerprint density at radius 3 is 3.00 bits per heavy atom. The monoisotopic (exact) mass is 340 g/mol. The molecule has 0 atom stereocenters. The summed E-state index contributed by atoms with van der Waals surface area (Å²) in [4.78, 5) is 10.4. The van der Waals surface area contributed by atoms with Gasteiger partial charge in [0, 0.05) is 30.1 Å². The van der Waals surface area contributed by atoms with Crippen LogP contribution in [0.5, 0.6) is 0 Å². The summed E-state index contributed by atoms with van der Waals surface area (Å²) in [5, 5.41) is 26.8. The molecular weight excluding hydrogens is 328 g/mol. The third-order valence-corrected chi connectivity index (χ3v) is 3.33. The first-order valence-electron chi connectivity index (χ1n) is 5.90. The number of nitro groups is 1. The first-order valence-corrected chi connectivity index (χ1v) is 6.69. The average molecular weight is 341 g/mol. The van der Waals surface area contributed by atoms with Crippen LogP contribution in [0.15, 0.2) is 35.1 Å². The number of rotatable bonds is 6. The lowest BCUT2D eigenvalue weighted by Crippen LogP contribution is -2.02. The van der Waals surface area contributed by atoms with Gasteiger partial charge in [0.15, 0.2) is 0 Å². The fraction of sp³-hybridized carbons (Fsp3) is 0.250. The molecule has 1 heterocycles. The van der Waals surface area contributed by atoms with Crippen LogP contribution in [0.25, 0.3) is 0 Å². The quantitative estimate of drug-likeness (QED) is 0.620. The van der Waals surface area contributed by atoms with E-state index in [9.17, 15) is 10.1 Å². The summed E-state index contributed by atoms with van der Waals surface area (Å²) in [6.07, 6.45) is 3.51. The molecule has 0 bridgehead atoms. The van der Waals surface area contributed by atoms with Crippen LogP contribution in [0, 0.1) is 10.1 Å². The maximum Gasteiger partial charge on any atom is 0.285 e. The van der Waals surface area contributed by atoms with E-state index in [0.29, 0.717) is 23.2 Å². The van der Waals surface area contributed by atoms with Crippen LogP contribution in [0.2, 0.25) is 0 Å². The van der Waals surface area contributed by atoms with Crippen molar-refractivity contribution in [2.45, 2.75) is 13.1 Å². The molecule has 0 unspecified atom stereocenters. The van der Waals surface area contributed by atoms with Gasteiger partial charge in [-0.05, 0) is 28.1 Å². The van der Waals surface area contributed by atoms with E-state index < -0.39 is 4.92 Å². The molecule has 0 aliphatic carbocycles. The van der Waals surface area contributed by atoms with Gasteiger partial charge in [0.05, 0.1) is 28.7 Å². The molecule has 0 aliphatic rings. The Balaban J connectivity index is 2.03. The van der Waals surface area contributed by atoms with Crippen molar-refractivity contribution in [1.29, 1.82) is 0 Å². The SMILES string of the molecule is O=[N+]([O-])c1cc(NCc2cnn(CCO)c2)ccc1Br. The molecule has 2 aromatic rings. The molecule has 2 rings (SSSR count). The summed E-state index contributed by atoms with van der Waals surface area (Å²) in [6.45, 7) is 0.988. The Bertz CT molecular complexity index is 614. The molecule has 0 radical (unpaired) electrons. The lowest BCUT2D eigenvalue weighted by Gasteiger charge is -2.05. The normalized spacial score (nSPS) is 10.5. The maximum absolute atomic E-state index is 10.8. The smallest absolute Gasteiger partial charge is 0.285 e. The number of aromatic nitrogens is 2. The second kappa shape index (κ2) is 6.49. The topological polar surface area (TPSA) is 93.2 Å². The van der Waals surface area contributed by atoms with E-state index >= 15 is 0 Å². The number of hydrogen-bond acceptors (Lipinski definition) is 5. The van der Waals surface area contributed by atoms with Crippen molar-refractivity contribution < 1.29 is 10.0 Å². The van der Waals surface area contributed by atoms with Crippen molar-refractivity contribution in [1.82, 2.24) is 9.78 Å². The summed E-state index contributed by atoms with van der Waals surface area (Å²) in [5.41, 5.74) is 1.62. The van der Waals surface area contributed by atoms with E-state index in [-0.39, 0.29) is 12.3 Å². The molecule has 0 saturated heterocycles. The zero-order valence-electron chi connectivity index (χ0n) is 10.5. The minimum Gasteiger partial charge on any atom is -0.394 e. The molecule has 106 valence electrons. The predicted octanol–water partition coefficient (Wildman–Crippen LogP) is 2.16. The van der Waals surface area contributed by atoms with Crippen LogP contribution in [0.1, 0.15) is 5.56 Å². The Hall–Kier alpha value is -1.93. The standard InChI is InChI=1S/C12H13BrN4O3/c13-11-2-1-10(5-12(11)17(19)20)14-6-9-7-15-16(8-9)3-4-18/h1-2,5,7-8,14,18H,3-4,6H2. The van der Waals surface area contributed by atoms with Gasteiger partial charge in [0.25, 0.3) is 5.69 Å². The van der Waals surface area contributed by atoms with Crippen LogP contribution in [-0.2, 0) is 13.1 Å². The molecular formula is C12H13BrN4O3. The van der Waals surface area contributed by atoms with Gasteiger partial charge < -0.3 is 10.4 Å². The Morgan fingerprint density at radius 1 is 1.50 bits per heavy atom. The summed E-state index contributed by atoms with van der Waals surface area (Å²) in [5.74, 6) is 0. The molecule has 8 heteroatoms. The number of halogens is 1. The van der Waals surface area contributed by atoms with Crippen LogP contribution in [0.3, 0.4) is 0 Å². The molecule has 20 heavy (non-hydrogen) atoms. The van der Waals surface area contributed by atoms with Crippen molar-refractivity contribution in [3.8, 4) is 0 Å². The zero-order valence-corrected chi connectivity index (χ0v) is 12.1. The largest absolute Gasteiger partial charge is 0.394 e.